The summed E-state index contributed by atoms with van der Waals surface area (Å²) in [5.74, 6) is -0.432. The van der Waals surface area contributed by atoms with E-state index in [-0.39, 0.29) is 11.9 Å². The molecule has 0 spiro atoms. The lowest BCUT2D eigenvalue weighted by atomic mass is 10.2. The van der Waals surface area contributed by atoms with Gasteiger partial charge in [0.25, 0.3) is 5.91 Å². The van der Waals surface area contributed by atoms with Crippen LogP contribution in [0, 0.1) is 0 Å². The molecule has 0 fully saturated rings. The number of benzene rings is 1. The van der Waals surface area contributed by atoms with Gasteiger partial charge in [-0.15, -0.1) is 0 Å². The van der Waals surface area contributed by atoms with Crippen LogP contribution in [0.25, 0.3) is 0 Å². The van der Waals surface area contributed by atoms with Crippen molar-refractivity contribution in [3.8, 4) is 0 Å². The molecule has 1 heterocycles. The van der Waals surface area contributed by atoms with Crippen molar-refractivity contribution in [3.05, 3.63) is 54.2 Å². The summed E-state index contributed by atoms with van der Waals surface area (Å²) in [6, 6.07) is 13.3. The van der Waals surface area contributed by atoms with Crippen LogP contribution in [0.5, 0.6) is 0 Å². The molecule has 0 aliphatic heterocycles. The van der Waals surface area contributed by atoms with Gasteiger partial charge in [-0.25, -0.2) is 4.98 Å². The number of hydrogen-bond acceptors (Lipinski definition) is 5. The number of nitrogens with zero attached hydrogens (tertiary/aromatic N) is 1. The second-order valence-corrected chi connectivity index (χ2v) is 6.00. The van der Waals surface area contributed by atoms with Gasteiger partial charge in [-0.05, 0) is 37.6 Å². The highest BCUT2D eigenvalue weighted by molar-refractivity contribution is 7.99. The zero-order valence-electron chi connectivity index (χ0n) is 13.5. The maximum Gasteiger partial charge on any atom is 0.305 e. The quantitative estimate of drug-likeness (QED) is 0.588. The molecule has 2 aromatic rings. The number of ether oxygens (including phenoxy) is 1. The lowest BCUT2D eigenvalue weighted by Crippen LogP contribution is -2.25. The van der Waals surface area contributed by atoms with Gasteiger partial charge in [0.1, 0.15) is 5.03 Å². The van der Waals surface area contributed by atoms with Crippen LogP contribution in [-0.2, 0) is 9.53 Å². The van der Waals surface area contributed by atoms with Gasteiger partial charge in [-0.3, -0.25) is 9.59 Å². The summed E-state index contributed by atoms with van der Waals surface area (Å²) in [6.07, 6.45) is 2.52. The summed E-state index contributed by atoms with van der Waals surface area (Å²) in [7, 11) is 0. The monoisotopic (exact) mass is 344 g/mol. The molecule has 0 atom stereocenters. The maximum absolute atomic E-state index is 12.3. The van der Waals surface area contributed by atoms with Crippen molar-refractivity contribution in [2.75, 3.05) is 13.2 Å². The predicted molar refractivity (Wildman–Crippen MR) is 93.0 cm³/mol. The van der Waals surface area contributed by atoms with E-state index >= 15 is 0 Å². The van der Waals surface area contributed by atoms with Gasteiger partial charge >= 0.3 is 5.97 Å². The summed E-state index contributed by atoms with van der Waals surface area (Å²) < 4.78 is 4.85. The van der Waals surface area contributed by atoms with Crippen LogP contribution in [0.4, 0.5) is 0 Å². The van der Waals surface area contributed by atoms with E-state index < -0.39 is 0 Å². The Labute approximate surface area is 145 Å². The number of esters is 1. The normalized spacial score (nSPS) is 10.2. The van der Waals surface area contributed by atoms with Gasteiger partial charge in [0.05, 0.1) is 12.2 Å². The van der Waals surface area contributed by atoms with Crippen LogP contribution in [0.3, 0.4) is 0 Å². The van der Waals surface area contributed by atoms with Gasteiger partial charge in [-0.2, -0.15) is 0 Å². The average molecular weight is 344 g/mol. The zero-order valence-corrected chi connectivity index (χ0v) is 14.3. The molecule has 0 aliphatic rings. The third kappa shape index (κ3) is 5.70. The topological polar surface area (TPSA) is 68.3 Å². The second-order valence-electron chi connectivity index (χ2n) is 4.94. The third-order valence-corrected chi connectivity index (χ3v) is 4.15. The summed E-state index contributed by atoms with van der Waals surface area (Å²) in [5.41, 5.74) is 0.530. The number of hydrogen-bond donors (Lipinski definition) is 1. The minimum absolute atomic E-state index is 0.189. The molecule has 6 heteroatoms. The van der Waals surface area contributed by atoms with Crippen molar-refractivity contribution in [3.63, 3.8) is 0 Å². The van der Waals surface area contributed by atoms with E-state index in [1.807, 2.05) is 30.3 Å². The van der Waals surface area contributed by atoms with Gasteiger partial charge in [0.2, 0.25) is 0 Å². The minimum Gasteiger partial charge on any atom is -0.466 e. The fourth-order valence-electron chi connectivity index (χ4n) is 2.01. The van der Waals surface area contributed by atoms with Crippen LogP contribution in [0.2, 0.25) is 0 Å². The first-order valence-corrected chi connectivity index (χ1v) is 8.64. The Morgan fingerprint density at radius 1 is 1.17 bits per heavy atom. The number of aromatic nitrogens is 1. The van der Waals surface area contributed by atoms with Crippen LogP contribution >= 0.6 is 11.8 Å². The molecule has 0 radical (unpaired) electrons. The highest BCUT2D eigenvalue weighted by Gasteiger charge is 2.13. The van der Waals surface area contributed by atoms with Crippen molar-refractivity contribution in [1.29, 1.82) is 0 Å². The maximum atomic E-state index is 12.3. The molecule has 1 aromatic heterocycles. The lowest BCUT2D eigenvalue weighted by molar-refractivity contribution is -0.143. The van der Waals surface area contributed by atoms with Gasteiger partial charge in [-0.1, -0.05) is 30.0 Å². The summed E-state index contributed by atoms with van der Waals surface area (Å²) in [5, 5.41) is 3.48. The zero-order chi connectivity index (χ0) is 17.2. The molecular formula is C18H20N2O3S. The van der Waals surface area contributed by atoms with Crippen molar-refractivity contribution in [2.24, 2.45) is 0 Å². The van der Waals surface area contributed by atoms with E-state index in [1.54, 1.807) is 25.3 Å². The summed E-state index contributed by atoms with van der Waals surface area (Å²) >= 11 is 1.45. The second kappa shape index (κ2) is 9.72. The summed E-state index contributed by atoms with van der Waals surface area (Å²) in [6.45, 7) is 2.57. The Kier molecular flexibility index (Phi) is 7.29. The number of rotatable bonds is 8. The molecule has 2 rings (SSSR count). The highest BCUT2D eigenvalue weighted by atomic mass is 32.2. The number of pyridine rings is 1. The van der Waals surface area contributed by atoms with Gasteiger partial charge < -0.3 is 10.1 Å². The van der Waals surface area contributed by atoms with E-state index in [4.69, 9.17) is 4.74 Å². The first kappa shape index (κ1) is 18.0. The lowest BCUT2D eigenvalue weighted by Gasteiger charge is -2.09. The Bertz CT molecular complexity index is 677. The van der Waals surface area contributed by atoms with Gasteiger partial charge in [0.15, 0.2) is 0 Å². The Morgan fingerprint density at radius 3 is 2.71 bits per heavy atom. The first-order chi connectivity index (χ1) is 11.7. The van der Waals surface area contributed by atoms with E-state index in [0.717, 1.165) is 4.90 Å². The average Bonchev–Trinajstić information content (AvgIpc) is 2.60. The standard InChI is InChI=1S/C18H20N2O3S/c1-2-23-16(21)11-7-12-19-17(22)15-10-6-13-20-18(15)24-14-8-4-3-5-9-14/h3-6,8-10,13H,2,7,11-12H2,1H3,(H,19,22). The number of carbonyl (C=O) groups is 2. The van der Waals surface area contributed by atoms with E-state index in [1.165, 1.54) is 11.8 Å². The van der Waals surface area contributed by atoms with Crippen LogP contribution in [0.15, 0.2) is 58.6 Å². The third-order valence-electron chi connectivity index (χ3n) is 3.12. The van der Waals surface area contributed by atoms with Crippen LogP contribution in [0.1, 0.15) is 30.1 Å². The molecular weight excluding hydrogens is 324 g/mol. The number of amides is 1. The molecule has 0 aliphatic carbocycles. The molecule has 24 heavy (non-hydrogen) atoms. The molecule has 5 nitrogen and oxygen atoms in total. The molecule has 1 amide bonds. The fraction of sp³-hybridized carbons (Fsp3) is 0.278. The predicted octanol–water partition coefficient (Wildman–Crippen LogP) is 3.31. The molecule has 0 unspecified atom stereocenters. The molecule has 126 valence electrons. The largest absolute Gasteiger partial charge is 0.466 e. The van der Waals surface area contributed by atoms with Crippen molar-refractivity contribution in [2.45, 2.75) is 29.7 Å². The number of carbonyl (C=O) groups excluding carboxylic acids is 2. The molecule has 1 N–H and O–H groups in total. The fourth-order valence-corrected chi connectivity index (χ4v) is 2.91. The molecule has 0 saturated heterocycles. The Balaban J connectivity index is 1.91. The SMILES string of the molecule is CCOC(=O)CCCNC(=O)c1cccnc1Sc1ccccc1. The van der Waals surface area contributed by atoms with Crippen molar-refractivity contribution >= 4 is 23.6 Å². The Hall–Kier alpha value is -2.34. The van der Waals surface area contributed by atoms with Crippen LogP contribution in [-0.4, -0.2) is 30.0 Å². The smallest absolute Gasteiger partial charge is 0.305 e. The molecule has 1 aromatic carbocycles. The molecule has 0 saturated carbocycles. The number of nitrogens with one attached hydrogen (secondary N) is 1. The highest BCUT2D eigenvalue weighted by Crippen LogP contribution is 2.28. The van der Waals surface area contributed by atoms with E-state index in [9.17, 15) is 9.59 Å². The van der Waals surface area contributed by atoms with Crippen molar-refractivity contribution in [1.82, 2.24) is 10.3 Å². The minimum atomic E-state index is -0.242. The van der Waals surface area contributed by atoms with Crippen molar-refractivity contribution < 1.29 is 14.3 Å². The Morgan fingerprint density at radius 2 is 1.96 bits per heavy atom. The summed E-state index contributed by atoms with van der Waals surface area (Å²) in [4.78, 5) is 28.9. The van der Waals surface area contributed by atoms with Gasteiger partial charge in [0, 0.05) is 24.1 Å². The van der Waals surface area contributed by atoms with E-state index in [0.29, 0.717) is 36.6 Å². The first-order valence-electron chi connectivity index (χ1n) is 7.82. The molecule has 0 bridgehead atoms. The van der Waals surface area contributed by atoms with Crippen LogP contribution < -0.4 is 5.32 Å². The van der Waals surface area contributed by atoms with E-state index in [2.05, 4.69) is 10.3 Å².